The fourth-order valence-electron chi connectivity index (χ4n) is 10.4. The first-order valence-corrected chi connectivity index (χ1v) is 23.1. The van der Waals surface area contributed by atoms with E-state index in [2.05, 4.69) is 103 Å². The Hall–Kier alpha value is -0.260. The highest BCUT2D eigenvalue weighted by Gasteiger charge is 2.49. The van der Waals surface area contributed by atoms with Crippen molar-refractivity contribution in [2.24, 2.45) is 82.3 Å². The van der Waals surface area contributed by atoms with Crippen molar-refractivity contribution in [3.63, 3.8) is 0 Å². The van der Waals surface area contributed by atoms with Crippen LogP contribution in [0, 0.1) is 82.3 Å². The molecule has 0 heteroatoms. The summed E-state index contributed by atoms with van der Waals surface area (Å²) in [6.45, 7) is 32.7. The first-order valence-electron chi connectivity index (χ1n) is 23.1. The van der Waals surface area contributed by atoms with Gasteiger partial charge in [-0.05, 0) is 153 Å². The Morgan fingerprint density at radius 3 is 0.750 bits per heavy atom. The molecule has 0 aromatic heterocycles. The molecule has 0 aromatic rings. The summed E-state index contributed by atoms with van der Waals surface area (Å²) >= 11 is 0. The third kappa shape index (κ3) is 23.0. The maximum Gasteiger partial charge on any atom is -0.0287 e. The van der Waals surface area contributed by atoms with Gasteiger partial charge in [-0.15, -0.1) is 0 Å². The average Bonchev–Trinajstić information content (AvgIpc) is 3.30. The molecule has 0 saturated heterocycles. The molecule has 0 heterocycles. The average molecular weight is 729 g/mol. The van der Waals surface area contributed by atoms with Crippen LogP contribution in [0.15, 0.2) is 11.6 Å². The van der Waals surface area contributed by atoms with Crippen molar-refractivity contribution in [3.05, 3.63) is 11.6 Å². The highest BCUT2D eigenvalue weighted by atomic mass is 14.5. The fraction of sp³-hybridized carbons (Fsp3) is 0.962. The second-order valence-electron chi connectivity index (χ2n) is 21.7. The summed E-state index contributed by atoms with van der Waals surface area (Å²) in [6, 6.07) is 0. The molecule has 0 radical (unpaired) electrons. The standard InChI is InChI=1S/C9H16.2C8H16.C7H14.C7H12.C6H12.C5H10.2CH4/c1-7-3-9(4-7)5-8(2)6-9;2*1-7-3-5-8(2)6-4-7;2*1-6-3-4-7(2)5-6;1-5-3-6(2)4-5;1-4-3-5(4)2;;/h7-8H,3-6H2,1-2H3;2*7-8H,3-6H2,1-2H3;6-7H,3-5H2,1-2H3;3,7H,4-5H2,1-2H3;5-6H,3-4H2,1-2H3;4-5H,3H2,1-2H3;2*1H4. The monoisotopic (exact) mass is 729 g/mol. The molecule has 0 amide bonds. The van der Waals surface area contributed by atoms with E-state index < -0.39 is 0 Å². The van der Waals surface area contributed by atoms with Gasteiger partial charge in [0, 0.05) is 0 Å². The van der Waals surface area contributed by atoms with Crippen LogP contribution in [0.25, 0.3) is 0 Å². The molecule has 8 aliphatic carbocycles. The number of hydrogen-bond donors (Lipinski definition) is 0. The van der Waals surface area contributed by atoms with Crippen molar-refractivity contribution in [2.45, 2.75) is 240 Å². The van der Waals surface area contributed by atoms with Crippen LogP contribution in [-0.4, -0.2) is 0 Å². The fourth-order valence-corrected chi connectivity index (χ4v) is 10.4. The summed E-state index contributed by atoms with van der Waals surface area (Å²) < 4.78 is 0. The lowest BCUT2D eigenvalue weighted by molar-refractivity contribution is -0.0549. The molecule has 0 aliphatic heterocycles. The molecule has 8 rings (SSSR count). The third-order valence-corrected chi connectivity index (χ3v) is 14.4. The summed E-state index contributed by atoms with van der Waals surface area (Å²) in [5.74, 6) is 13.3. The maximum absolute atomic E-state index is 2.38. The van der Waals surface area contributed by atoms with E-state index in [1.807, 2.05) is 0 Å². The Morgan fingerprint density at radius 1 is 0.365 bits per heavy atom. The molecule has 52 heavy (non-hydrogen) atoms. The van der Waals surface area contributed by atoms with Crippen molar-refractivity contribution in [1.29, 1.82) is 0 Å². The van der Waals surface area contributed by atoms with E-state index in [0.29, 0.717) is 0 Å². The van der Waals surface area contributed by atoms with Gasteiger partial charge in [-0.3, -0.25) is 0 Å². The van der Waals surface area contributed by atoms with E-state index in [1.165, 1.54) is 128 Å². The van der Waals surface area contributed by atoms with Crippen molar-refractivity contribution < 1.29 is 0 Å². The highest BCUT2D eigenvalue weighted by Crippen LogP contribution is 2.60. The summed E-state index contributed by atoms with van der Waals surface area (Å²) in [6.07, 6.45) is 31.8. The SMILES string of the molecule is C.C.CC1=CCC(C)C1.CC1CC(C)C1.CC1CC1C.CC1CC2(C1)CC(C)C2.CC1CCC(C)C1.CC1CCC(C)CC1.CC1CCC(C)CC1. The Bertz CT molecular complexity index is 782. The second kappa shape index (κ2) is 26.6. The highest BCUT2D eigenvalue weighted by molar-refractivity contribution is 5.05. The van der Waals surface area contributed by atoms with Gasteiger partial charge in [0.2, 0.25) is 0 Å². The van der Waals surface area contributed by atoms with Crippen LogP contribution in [0.4, 0.5) is 0 Å². The molecule has 7 saturated carbocycles. The van der Waals surface area contributed by atoms with Crippen LogP contribution in [-0.2, 0) is 0 Å². The normalized spacial score (nSPS) is 41.7. The molecule has 7 fully saturated rings. The van der Waals surface area contributed by atoms with E-state index >= 15 is 0 Å². The minimum atomic E-state index is 0. The molecule has 5 atom stereocenters. The first-order chi connectivity index (χ1) is 23.4. The van der Waals surface area contributed by atoms with E-state index in [-0.39, 0.29) is 14.9 Å². The lowest BCUT2D eigenvalue weighted by atomic mass is 9.49. The largest absolute Gasteiger partial charge is 0.0853 e. The van der Waals surface area contributed by atoms with Crippen molar-refractivity contribution in [2.75, 3.05) is 0 Å². The van der Waals surface area contributed by atoms with Gasteiger partial charge in [0.15, 0.2) is 0 Å². The van der Waals surface area contributed by atoms with Crippen molar-refractivity contribution >= 4 is 0 Å². The van der Waals surface area contributed by atoms with Gasteiger partial charge >= 0.3 is 0 Å². The summed E-state index contributed by atoms with van der Waals surface area (Å²) in [5.41, 5.74) is 2.46. The predicted molar refractivity (Wildman–Crippen MR) is 241 cm³/mol. The van der Waals surface area contributed by atoms with E-state index in [0.717, 1.165) is 82.3 Å². The topological polar surface area (TPSA) is 0 Å². The van der Waals surface area contributed by atoms with Gasteiger partial charge in [0.25, 0.3) is 0 Å². The Labute approximate surface area is 333 Å². The minimum absolute atomic E-state index is 0. The molecule has 1 spiro atoms. The Morgan fingerprint density at radius 2 is 0.635 bits per heavy atom. The zero-order valence-electron chi connectivity index (χ0n) is 37.2. The lowest BCUT2D eigenvalue weighted by Gasteiger charge is -2.56. The molecule has 0 N–H and O–H groups in total. The molecule has 5 unspecified atom stereocenters. The molecule has 8 aliphatic rings. The van der Waals surface area contributed by atoms with Crippen LogP contribution in [0.1, 0.15) is 240 Å². The quantitative estimate of drug-likeness (QED) is 0.218. The maximum atomic E-state index is 2.38. The van der Waals surface area contributed by atoms with Gasteiger partial charge in [-0.25, -0.2) is 0 Å². The zero-order valence-corrected chi connectivity index (χ0v) is 37.2. The summed E-state index contributed by atoms with van der Waals surface area (Å²) in [4.78, 5) is 0. The molecule has 312 valence electrons. The zero-order chi connectivity index (χ0) is 37.4. The summed E-state index contributed by atoms with van der Waals surface area (Å²) in [7, 11) is 0. The smallest absolute Gasteiger partial charge is 0.0287 e. The minimum Gasteiger partial charge on any atom is -0.0853 e. The lowest BCUT2D eigenvalue weighted by Crippen LogP contribution is -2.45. The third-order valence-electron chi connectivity index (χ3n) is 14.4. The van der Waals surface area contributed by atoms with Crippen LogP contribution >= 0.6 is 0 Å². The van der Waals surface area contributed by atoms with Crippen LogP contribution in [0.3, 0.4) is 0 Å². The van der Waals surface area contributed by atoms with Gasteiger partial charge < -0.3 is 0 Å². The summed E-state index contributed by atoms with van der Waals surface area (Å²) in [5, 5.41) is 0. The van der Waals surface area contributed by atoms with Gasteiger partial charge in [-0.1, -0.05) is 181 Å². The molecular formula is C52H104. The Balaban J connectivity index is 0.000000584. The molecule has 0 nitrogen and oxygen atoms in total. The van der Waals surface area contributed by atoms with Crippen molar-refractivity contribution in [3.8, 4) is 0 Å². The second-order valence-corrected chi connectivity index (χ2v) is 21.7. The first kappa shape index (κ1) is 51.7. The van der Waals surface area contributed by atoms with E-state index in [9.17, 15) is 0 Å². The molecular weight excluding hydrogens is 625 g/mol. The van der Waals surface area contributed by atoms with Crippen LogP contribution in [0.5, 0.6) is 0 Å². The van der Waals surface area contributed by atoms with Gasteiger partial charge in [0.05, 0.1) is 0 Å². The van der Waals surface area contributed by atoms with Gasteiger partial charge in [-0.2, -0.15) is 0 Å². The predicted octanol–water partition coefficient (Wildman–Crippen LogP) is 18.3. The van der Waals surface area contributed by atoms with Crippen LogP contribution < -0.4 is 0 Å². The number of allylic oxidation sites excluding steroid dienone is 2. The number of rotatable bonds is 0. The van der Waals surface area contributed by atoms with E-state index in [4.69, 9.17) is 0 Å². The van der Waals surface area contributed by atoms with Crippen molar-refractivity contribution in [1.82, 2.24) is 0 Å². The Kier molecular flexibility index (Phi) is 26.4. The van der Waals surface area contributed by atoms with Crippen LogP contribution in [0.2, 0.25) is 0 Å². The molecule has 0 aromatic carbocycles. The van der Waals surface area contributed by atoms with E-state index in [1.54, 1.807) is 5.57 Å². The molecule has 0 bridgehead atoms. The van der Waals surface area contributed by atoms with Gasteiger partial charge in [0.1, 0.15) is 0 Å². The number of hydrogen-bond acceptors (Lipinski definition) is 0.